The van der Waals surface area contributed by atoms with Crippen molar-refractivity contribution in [2.24, 2.45) is 0 Å². The minimum absolute atomic E-state index is 0.122. The van der Waals surface area contributed by atoms with E-state index < -0.39 is 6.61 Å². The van der Waals surface area contributed by atoms with Crippen LogP contribution in [0.25, 0.3) is 0 Å². The summed E-state index contributed by atoms with van der Waals surface area (Å²) < 4.78 is 41.8. The highest BCUT2D eigenvalue weighted by molar-refractivity contribution is 5.52. The summed E-state index contributed by atoms with van der Waals surface area (Å²) in [6.07, 6.45) is 0.885. The standard InChI is InChI=1S/C20H23F2NO3/c1-3-24-17-11-13-9-10-23-19(15(13)12-18(17)25-4-2)14-7-5-6-8-16(14)26-20(21)22/h5-8,11-12,19-20,23H,3-4,9-10H2,1-2H3/p+1/t19-/m0/s1. The monoisotopic (exact) mass is 364 g/mol. The van der Waals surface area contributed by atoms with Gasteiger partial charge in [0.2, 0.25) is 0 Å². The van der Waals surface area contributed by atoms with E-state index >= 15 is 0 Å². The molecule has 0 amide bonds. The maximum atomic E-state index is 12.8. The van der Waals surface area contributed by atoms with Gasteiger partial charge in [-0.05, 0) is 43.7 Å². The highest BCUT2D eigenvalue weighted by Crippen LogP contribution is 2.38. The van der Waals surface area contributed by atoms with Gasteiger partial charge in [-0.2, -0.15) is 8.78 Å². The van der Waals surface area contributed by atoms with Crippen molar-refractivity contribution in [2.75, 3.05) is 19.8 Å². The highest BCUT2D eigenvalue weighted by atomic mass is 19.3. The lowest BCUT2D eigenvalue weighted by atomic mass is 9.89. The van der Waals surface area contributed by atoms with Gasteiger partial charge in [0.1, 0.15) is 11.8 Å². The summed E-state index contributed by atoms with van der Waals surface area (Å²) >= 11 is 0. The maximum absolute atomic E-state index is 12.8. The fourth-order valence-corrected chi connectivity index (χ4v) is 3.43. The molecule has 0 spiro atoms. The topological polar surface area (TPSA) is 44.3 Å². The molecule has 0 bridgehead atoms. The molecule has 0 aliphatic carbocycles. The number of para-hydroxylation sites is 1. The lowest BCUT2D eigenvalue weighted by molar-refractivity contribution is -0.690. The number of nitrogens with two attached hydrogens (primary N) is 1. The summed E-state index contributed by atoms with van der Waals surface area (Å²) in [5, 5.41) is 2.14. The summed E-state index contributed by atoms with van der Waals surface area (Å²) in [5.74, 6) is 1.62. The van der Waals surface area contributed by atoms with Crippen LogP contribution < -0.4 is 19.5 Å². The highest BCUT2D eigenvalue weighted by Gasteiger charge is 2.30. The first kappa shape index (κ1) is 18.5. The second-order valence-electron chi connectivity index (χ2n) is 6.03. The third-order valence-electron chi connectivity index (χ3n) is 4.43. The Kier molecular flexibility index (Phi) is 5.93. The van der Waals surface area contributed by atoms with E-state index in [4.69, 9.17) is 14.2 Å². The predicted octanol–water partition coefficient (Wildman–Crippen LogP) is 3.29. The Hall–Kier alpha value is -2.34. The largest absolute Gasteiger partial charge is 0.490 e. The van der Waals surface area contributed by atoms with Gasteiger partial charge < -0.3 is 19.5 Å². The van der Waals surface area contributed by atoms with Crippen LogP contribution in [-0.2, 0) is 6.42 Å². The molecule has 1 aliphatic rings. The van der Waals surface area contributed by atoms with E-state index in [0.717, 1.165) is 35.4 Å². The quantitative estimate of drug-likeness (QED) is 0.820. The lowest BCUT2D eigenvalue weighted by Gasteiger charge is -2.27. The second-order valence-corrected chi connectivity index (χ2v) is 6.03. The first-order valence-electron chi connectivity index (χ1n) is 8.93. The number of benzene rings is 2. The van der Waals surface area contributed by atoms with Crippen LogP contribution in [0.15, 0.2) is 36.4 Å². The van der Waals surface area contributed by atoms with Gasteiger partial charge in [-0.1, -0.05) is 12.1 Å². The number of ether oxygens (including phenoxy) is 3. The average Bonchev–Trinajstić information content (AvgIpc) is 2.62. The molecule has 0 saturated carbocycles. The van der Waals surface area contributed by atoms with Crippen LogP contribution in [0.4, 0.5) is 8.78 Å². The van der Waals surface area contributed by atoms with Crippen molar-refractivity contribution in [1.82, 2.24) is 0 Å². The minimum Gasteiger partial charge on any atom is -0.490 e. The molecule has 3 rings (SSSR count). The molecule has 6 heteroatoms. The van der Waals surface area contributed by atoms with Crippen molar-refractivity contribution in [1.29, 1.82) is 0 Å². The third kappa shape index (κ3) is 3.90. The molecule has 140 valence electrons. The number of hydrogen-bond acceptors (Lipinski definition) is 3. The van der Waals surface area contributed by atoms with E-state index in [2.05, 4.69) is 5.32 Å². The summed E-state index contributed by atoms with van der Waals surface area (Å²) in [4.78, 5) is 0. The van der Waals surface area contributed by atoms with Crippen molar-refractivity contribution in [3.05, 3.63) is 53.1 Å². The van der Waals surface area contributed by atoms with E-state index in [1.807, 2.05) is 38.1 Å². The summed E-state index contributed by atoms with van der Waals surface area (Å²) in [6, 6.07) is 10.8. The maximum Gasteiger partial charge on any atom is 0.387 e. The van der Waals surface area contributed by atoms with Crippen LogP contribution in [0.3, 0.4) is 0 Å². The second kappa shape index (κ2) is 8.36. The van der Waals surface area contributed by atoms with Gasteiger partial charge in [-0.25, -0.2) is 0 Å². The molecule has 0 unspecified atom stereocenters. The van der Waals surface area contributed by atoms with Crippen molar-refractivity contribution in [3.8, 4) is 17.2 Å². The van der Waals surface area contributed by atoms with E-state index in [0.29, 0.717) is 19.0 Å². The van der Waals surface area contributed by atoms with Gasteiger partial charge in [-0.15, -0.1) is 0 Å². The van der Waals surface area contributed by atoms with Gasteiger partial charge in [0.15, 0.2) is 11.5 Å². The Morgan fingerprint density at radius 3 is 2.38 bits per heavy atom. The summed E-state index contributed by atoms with van der Waals surface area (Å²) in [5.41, 5.74) is 2.94. The van der Waals surface area contributed by atoms with E-state index in [-0.39, 0.29) is 11.8 Å². The fraction of sp³-hybridized carbons (Fsp3) is 0.400. The molecule has 0 saturated heterocycles. The number of rotatable bonds is 7. The van der Waals surface area contributed by atoms with Crippen molar-refractivity contribution in [2.45, 2.75) is 32.9 Å². The number of halogens is 2. The van der Waals surface area contributed by atoms with Crippen molar-refractivity contribution < 1.29 is 28.3 Å². The third-order valence-corrected chi connectivity index (χ3v) is 4.43. The normalized spacial score (nSPS) is 16.3. The van der Waals surface area contributed by atoms with Gasteiger partial charge in [-0.3, -0.25) is 0 Å². The number of hydrogen-bond donors (Lipinski definition) is 1. The average molecular weight is 364 g/mol. The van der Waals surface area contributed by atoms with Gasteiger partial charge in [0, 0.05) is 12.0 Å². The molecule has 2 aromatic rings. The molecule has 4 nitrogen and oxygen atoms in total. The first-order chi connectivity index (χ1) is 12.6. The molecule has 1 aliphatic heterocycles. The van der Waals surface area contributed by atoms with Crippen LogP contribution in [0.1, 0.15) is 36.6 Å². The van der Waals surface area contributed by atoms with E-state index in [1.165, 1.54) is 0 Å². The van der Waals surface area contributed by atoms with Crippen LogP contribution in [0, 0.1) is 0 Å². The molecule has 0 aromatic heterocycles. The summed E-state index contributed by atoms with van der Waals surface area (Å²) in [6.45, 7) is 2.95. The molecule has 0 fully saturated rings. The molecule has 1 heterocycles. The van der Waals surface area contributed by atoms with Gasteiger partial charge in [0.05, 0.1) is 25.3 Å². The van der Waals surface area contributed by atoms with Crippen LogP contribution in [0.5, 0.6) is 17.2 Å². The van der Waals surface area contributed by atoms with Crippen LogP contribution in [0.2, 0.25) is 0 Å². The Morgan fingerprint density at radius 2 is 1.69 bits per heavy atom. The predicted molar refractivity (Wildman–Crippen MR) is 94.2 cm³/mol. The first-order valence-corrected chi connectivity index (χ1v) is 8.93. The minimum atomic E-state index is -2.85. The molecular weight excluding hydrogens is 340 g/mol. The molecule has 2 aromatic carbocycles. The zero-order valence-electron chi connectivity index (χ0n) is 15.0. The van der Waals surface area contributed by atoms with Gasteiger partial charge in [0.25, 0.3) is 0 Å². The Labute approximate surface area is 152 Å². The SMILES string of the molecule is CCOc1cc2c(cc1OCC)[C@H](c1ccccc1OC(F)F)[NH2+]CC2. The fourth-order valence-electron chi connectivity index (χ4n) is 3.43. The molecule has 1 atom stereocenters. The zero-order chi connectivity index (χ0) is 18.5. The van der Waals surface area contributed by atoms with Crippen molar-refractivity contribution in [3.63, 3.8) is 0 Å². The van der Waals surface area contributed by atoms with Gasteiger partial charge >= 0.3 is 6.61 Å². The number of quaternary nitrogens is 1. The molecular formula is C20H24F2NO3+. The Bertz CT molecular complexity index is 752. The number of alkyl halides is 2. The molecule has 26 heavy (non-hydrogen) atoms. The summed E-state index contributed by atoms with van der Waals surface area (Å²) in [7, 11) is 0. The van der Waals surface area contributed by atoms with Crippen LogP contribution in [-0.4, -0.2) is 26.4 Å². The Balaban J connectivity index is 2.05. The lowest BCUT2D eigenvalue weighted by Crippen LogP contribution is -2.87. The van der Waals surface area contributed by atoms with Crippen molar-refractivity contribution >= 4 is 0 Å². The van der Waals surface area contributed by atoms with E-state index in [9.17, 15) is 8.78 Å². The zero-order valence-corrected chi connectivity index (χ0v) is 15.0. The Morgan fingerprint density at radius 1 is 1.00 bits per heavy atom. The smallest absolute Gasteiger partial charge is 0.387 e. The van der Waals surface area contributed by atoms with E-state index in [1.54, 1.807) is 12.1 Å². The van der Waals surface area contributed by atoms with Crippen LogP contribution >= 0.6 is 0 Å². The molecule has 2 N–H and O–H groups in total. The number of fused-ring (bicyclic) bond motifs is 1. The molecule has 0 radical (unpaired) electrons.